The predicted octanol–water partition coefficient (Wildman–Crippen LogP) is 6.27. The Balaban J connectivity index is 1.82. The van der Waals surface area contributed by atoms with Crippen molar-refractivity contribution in [2.24, 2.45) is 0 Å². The number of likely N-dealkylation sites (N-methyl/N-ethyl adjacent to an activating group) is 1. The molecule has 0 unspecified atom stereocenters. The van der Waals surface area contributed by atoms with Crippen LogP contribution in [0.5, 0.6) is 0 Å². The van der Waals surface area contributed by atoms with Gasteiger partial charge in [0.05, 0.1) is 10.6 Å². The molecule has 0 aliphatic rings. The van der Waals surface area contributed by atoms with Crippen molar-refractivity contribution in [2.45, 2.75) is 37.8 Å². The zero-order valence-corrected chi connectivity index (χ0v) is 26.2. The van der Waals surface area contributed by atoms with E-state index in [0.29, 0.717) is 33.4 Å². The molecule has 0 heterocycles. The summed E-state index contributed by atoms with van der Waals surface area (Å²) in [6.45, 7) is 3.34. The summed E-state index contributed by atoms with van der Waals surface area (Å²) in [4.78, 5) is 29.4. The highest BCUT2D eigenvalue weighted by molar-refractivity contribution is 7.92. The van der Waals surface area contributed by atoms with Crippen LogP contribution in [0.1, 0.15) is 23.6 Å². The van der Waals surface area contributed by atoms with Crippen LogP contribution in [0.2, 0.25) is 10.0 Å². The first kappa shape index (κ1) is 32.1. The van der Waals surface area contributed by atoms with Crippen molar-refractivity contribution in [3.05, 3.63) is 130 Å². The minimum absolute atomic E-state index is 0.0444. The number of aryl methyl sites for hydroxylation is 1. The topological polar surface area (TPSA) is 86.8 Å². The van der Waals surface area contributed by atoms with Gasteiger partial charge >= 0.3 is 0 Å². The van der Waals surface area contributed by atoms with Crippen molar-refractivity contribution in [2.75, 3.05) is 17.4 Å². The Hall–Kier alpha value is -3.85. The van der Waals surface area contributed by atoms with Gasteiger partial charge in [0.2, 0.25) is 11.8 Å². The fraction of sp³-hybridized carbons (Fsp3) is 0.212. The molecule has 0 aliphatic heterocycles. The number of benzene rings is 4. The Kier molecular flexibility index (Phi) is 10.9. The first-order chi connectivity index (χ1) is 20.6. The molecule has 0 aromatic heterocycles. The average Bonchev–Trinajstić information content (AvgIpc) is 3.00. The number of amides is 2. The number of halogens is 2. The number of nitrogens with zero attached hydrogens (tertiary/aromatic N) is 2. The van der Waals surface area contributed by atoms with E-state index in [1.165, 1.54) is 17.0 Å². The summed E-state index contributed by atoms with van der Waals surface area (Å²) in [6, 6.07) is 28.2. The van der Waals surface area contributed by atoms with E-state index in [4.69, 9.17) is 23.2 Å². The molecule has 4 aromatic rings. The van der Waals surface area contributed by atoms with Gasteiger partial charge in [0.15, 0.2) is 0 Å². The second-order valence-corrected chi connectivity index (χ2v) is 12.7. The number of nitrogens with one attached hydrogen (secondary N) is 1. The van der Waals surface area contributed by atoms with Gasteiger partial charge in [0.25, 0.3) is 10.0 Å². The molecule has 4 rings (SSSR count). The molecule has 10 heteroatoms. The molecular weight excluding hydrogens is 605 g/mol. The first-order valence-corrected chi connectivity index (χ1v) is 16.0. The number of rotatable bonds is 12. The molecule has 224 valence electrons. The highest BCUT2D eigenvalue weighted by atomic mass is 35.5. The zero-order chi connectivity index (χ0) is 31.0. The second kappa shape index (κ2) is 14.6. The Morgan fingerprint density at radius 3 is 2.12 bits per heavy atom. The lowest BCUT2D eigenvalue weighted by molar-refractivity contribution is -0.140. The van der Waals surface area contributed by atoms with Gasteiger partial charge in [-0.3, -0.25) is 13.9 Å². The van der Waals surface area contributed by atoms with E-state index in [1.807, 2.05) is 30.3 Å². The first-order valence-electron chi connectivity index (χ1n) is 13.8. The summed E-state index contributed by atoms with van der Waals surface area (Å²) in [6.07, 6.45) is 0.208. The van der Waals surface area contributed by atoms with Crippen LogP contribution in [-0.4, -0.2) is 44.3 Å². The molecule has 0 spiro atoms. The largest absolute Gasteiger partial charge is 0.355 e. The smallest absolute Gasteiger partial charge is 0.264 e. The van der Waals surface area contributed by atoms with Crippen molar-refractivity contribution in [1.29, 1.82) is 0 Å². The average molecular weight is 639 g/mol. The molecule has 0 saturated carbocycles. The number of sulfonamides is 1. The van der Waals surface area contributed by atoms with Crippen LogP contribution in [0.15, 0.2) is 108 Å². The van der Waals surface area contributed by atoms with E-state index in [-0.39, 0.29) is 23.8 Å². The highest BCUT2D eigenvalue weighted by Gasteiger charge is 2.35. The lowest BCUT2D eigenvalue weighted by Crippen LogP contribution is -2.53. The summed E-state index contributed by atoms with van der Waals surface area (Å²) in [5.41, 5.74) is 2.44. The summed E-state index contributed by atoms with van der Waals surface area (Å²) < 4.78 is 29.2. The minimum Gasteiger partial charge on any atom is -0.355 e. The predicted molar refractivity (Wildman–Crippen MR) is 172 cm³/mol. The number of carbonyl (C=O) groups excluding carboxylic acids is 2. The van der Waals surface area contributed by atoms with Crippen molar-refractivity contribution in [3.8, 4) is 0 Å². The zero-order valence-electron chi connectivity index (χ0n) is 23.9. The van der Waals surface area contributed by atoms with E-state index < -0.39 is 28.5 Å². The van der Waals surface area contributed by atoms with Crippen LogP contribution in [0.25, 0.3) is 0 Å². The Labute approximate surface area is 263 Å². The van der Waals surface area contributed by atoms with Gasteiger partial charge in [-0.2, -0.15) is 0 Å². The molecule has 0 fully saturated rings. The molecule has 43 heavy (non-hydrogen) atoms. The van der Waals surface area contributed by atoms with E-state index in [9.17, 15) is 18.0 Å². The number of para-hydroxylation sites is 1. The maximum atomic E-state index is 14.4. The fourth-order valence-corrected chi connectivity index (χ4v) is 6.72. The van der Waals surface area contributed by atoms with E-state index in [1.54, 1.807) is 74.5 Å². The van der Waals surface area contributed by atoms with Crippen molar-refractivity contribution >= 4 is 50.7 Å². The molecule has 0 saturated heterocycles. The standard InChI is InChI=1S/C33H33Cl2N3O4S/c1-3-36-33(40)31(20-25-13-6-4-7-14-25)37(22-26-18-19-27(34)21-29(26)35)32(39)23-38(30-17-11-10-12-24(30)2)43(41,42)28-15-8-5-9-16-28/h4-19,21,31H,3,20,22-23H2,1-2H3,(H,36,40)/t31-/m0/s1. The van der Waals surface area contributed by atoms with Gasteiger partial charge in [-0.15, -0.1) is 0 Å². The lowest BCUT2D eigenvalue weighted by Gasteiger charge is -2.34. The molecule has 1 atom stereocenters. The molecule has 4 aromatic carbocycles. The maximum absolute atomic E-state index is 14.4. The number of hydrogen-bond donors (Lipinski definition) is 1. The van der Waals surface area contributed by atoms with Crippen LogP contribution in [0, 0.1) is 6.92 Å². The van der Waals surface area contributed by atoms with E-state index in [0.717, 1.165) is 9.87 Å². The number of carbonyl (C=O) groups is 2. The highest BCUT2D eigenvalue weighted by Crippen LogP contribution is 2.28. The number of anilines is 1. The Morgan fingerprint density at radius 1 is 0.860 bits per heavy atom. The lowest BCUT2D eigenvalue weighted by atomic mass is 10.0. The van der Waals surface area contributed by atoms with Crippen LogP contribution in [0.3, 0.4) is 0 Å². The summed E-state index contributed by atoms with van der Waals surface area (Å²) in [5, 5.41) is 3.60. The normalized spacial score (nSPS) is 11.9. The molecule has 0 bridgehead atoms. The monoisotopic (exact) mass is 637 g/mol. The van der Waals surface area contributed by atoms with Gasteiger partial charge in [-0.1, -0.05) is 96.0 Å². The summed E-state index contributed by atoms with van der Waals surface area (Å²) in [7, 11) is -4.17. The number of hydrogen-bond acceptors (Lipinski definition) is 4. The van der Waals surface area contributed by atoms with Gasteiger partial charge in [-0.05, 0) is 60.9 Å². The molecule has 7 nitrogen and oxygen atoms in total. The molecule has 0 aliphatic carbocycles. The summed E-state index contributed by atoms with van der Waals surface area (Å²) in [5.74, 6) is -0.931. The minimum atomic E-state index is -4.17. The van der Waals surface area contributed by atoms with Gasteiger partial charge < -0.3 is 10.2 Å². The molecule has 1 N–H and O–H groups in total. The van der Waals surface area contributed by atoms with Crippen LogP contribution in [-0.2, 0) is 32.6 Å². The van der Waals surface area contributed by atoms with Gasteiger partial charge in [0.1, 0.15) is 12.6 Å². The van der Waals surface area contributed by atoms with Gasteiger partial charge in [-0.25, -0.2) is 8.42 Å². The maximum Gasteiger partial charge on any atom is 0.264 e. The van der Waals surface area contributed by atoms with Crippen LogP contribution < -0.4 is 9.62 Å². The second-order valence-electron chi connectivity index (χ2n) is 9.97. The quantitative estimate of drug-likeness (QED) is 0.198. The fourth-order valence-electron chi connectivity index (χ4n) is 4.76. The van der Waals surface area contributed by atoms with Crippen molar-refractivity contribution in [1.82, 2.24) is 10.2 Å². The van der Waals surface area contributed by atoms with Crippen molar-refractivity contribution < 1.29 is 18.0 Å². The third-order valence-corrected chi connectivity index (χ3v) is 9.33. The molecule has 0 radical (unpaired) electrons. The summed E-state index contributed by atoms with van der Waals surface area (Å²) >= 11 is 12.7. The molecular formula is C33H33Cl2N3O4S. The third kappa shape index (κ3) is 7.96. The molecule has 2 amide bonds. The van der Waals surface area contributed by atoms with Crippen molar-refractivity contribution in [3.63, 3.8) is 0 Å². The van der Waals surface area contributed by atoms with E-state index in [2.05, 4.69) is 5.32 Å². The van der Waals surface area contributed by atoms with Gasteiger partial charge in [0, 0.05) is 29.6 Å². The van der Waals surface area contributed by atoms with Crippen LogP contribution >= 0.6 is 23.2 Å². The van der Waals surface area contributed by atoms with Crippen LogP contribution in [0.4, 0.5) is 5.69 Å². The van der Waals surface area contributed by atoms with E-state index >= 15 is 0 Å². The third-order valence-electron chi connectivity index (χ3n) is 6.97. The SMILES string of the molecule is CCNC(=O)[C@H](Cc1ccccc1)N(Cc1ccc(Cl)cc1Cl)C(=O)CN(c1ccccc1C)S(=O)(=O)c1ccccc1. The Bertz CT molecular complexity index is 1670. The Morgan fingerprint density at radius 2 is 1.49 bits per heavy atom.